The first-order valence-electron chi connectivity index (χ1n) is 16.3. The molecule has 2 aromatic carbocycles. The van der Waals surface area contributed by atoms with Gasteiger partial charge in [0, 0.05) is 0 Å². The number of hydrogen-bond acceptors (Lipinski definition) is 5. The molecule has 0 N–H and O–H groups in total. The summed E-state index contributed by atoms with van der Waals surface area (Å²) in [5, 5.41) is 0. The van der Waals surface area contributed by atoms with Gasteiger partial charge in [-0.1, -0.05) is 96.3 Å². The van der Waals surface area contributed by atoms with E-state index in [0.717, 1.165) is 50.0 Å². The van der Waals surface area contributed by atoms with Gasteiger partial charge in [-0.15, -0.1) is 0 Å². The van der Waals surface area contributed by atoms with E-state index in [0.29, 0.717) is 18.7 Å². The molecular weight excluding hydrogens is 518 g/mol. The summed E-state index contributed by atoms with van der Waals surface area (Å²) < 4.78 is 44.9. The molecule has 2 heterocycles. The van der Waals surface area contributed by atoms with Crippen molar-refractivity contribution >= 4 is 12.6 Å². The highest BCUT2D eigenvalue weighted by atomic mass is 19.1. The van der Waals surface area contributed by atoms with E-state index in [9.17, 15) is 4.39 Å². The minimum Gasteiger partial charge on any atom is -0.494 e. The highest BCUT2D eigenvalue weighted by Gasteiger charge is 2.41. The van der Waals surface area contributed by atoms with E-state index in [1.54, 1.807) is 6.07 Å². The van der Waals surface area contributed by atoms with Crippen molar-refractivity contribution in [1.29, 1.82) is 0 Å². The first-order valence-corrected chi connectivity index (χ1v) is 16.3. The van der Waals surface area contributed by atoms with Crippen LogP contribution in [0.1, 0.15) is 115 Å². The van der Waals surface area contributed by atoms with Gasteiger partial charge in [0.15, 0.2) is 11.6 Å². The van der Waals surface area contributed by atoms with E-state index in [1.807, 2.05) is 18.2 Å². The Morgan fingerprint density at radius 1 is 0.756 bits per heavy atom. The van der Waals surface area contributed by atoms with E-state index in [4.69, 9.17) is 23.5 Å². The molecule has 4 rings (SSSR count). The van der Waals surface area contributed by atoms with Crippen LogP contribution in [0.25, 0.3) is 0 Å². The third-order valence-electron chi connectivity index (χ3n) is 8.18. The van der Waals surface area contributed by atoms with Crippen LogP contribution in [0.4, 0.5) is 4.39 Å². The molecule has 2 aliphatic rings. The average Bonchev–Trinajstić information content (AvgIpc) is 3.00. The lowest BCUT2D eigenvalue weighted by atomic mass is 9.76. The summed E-state index contributed by atoms with van der Waals surface area (Å²) in [5.74, 6) is 0.822. The van der Waals surface area contributed by atoms with Crippen LogP contribution in [0.5, 0.6) is 11.5 Å². The minimum atomic E-state index is -0.595. The fourth-order valence-electron chi connectivity index (χ4n) is 5.67. The normalized spacial score (nSPS) is 20.6. The molecule has 0 unspecified atom stereocenters. The van der Waals surface area contributed by atoms with E-state index < -0.39 is 7.12 Å². The summed E-state index contributed by atoms with van der Waals surface area (Å²) >= 11 is 0. The lowest BCUT2D eigenvalue weighted by molar-refractivity contribution is -0.150. The number of rotatable bonds is 18. The SMILES string of the molecule is CCCCCCCCCCOc1ccc([C@H]2CC[C@@H]3OB(c4ccc(OCCCCCC)c(F)c4)OC[C@H]3O2)cc1. The predicted octanol–water partition coefficient (Wildman–Crippen LogP) is 8.34. The standard InChI is InChI=1S/C34H50BFO5/c1-3-5-7-9-10-11-12-14-23-37-29-18-15-27(16-19-29)31-21-22-33-34(40-31)26-39-35(41-33)28-17-20-32(30(36)25-28)38-24-13-8-6-4-2/h15-20,25,31,33-34H,3-14,21-24,26H2,1-2H3/t31-,33+,34-/m1/s1. The third-order valence-corrected chi connectivity index (χ3v) is 8.18. The average molecular weight is 569 g/mol. The molecule has 2 saturated heterocycles. The maximum absolute atomic E-state index is 14.7. The molecule has 5 nitrogen and oxygen atoms in total. The predicted molar refractivity (Wildman–Crippen MR) is 164 cm³/mol. The molecule has 2 aromatic rings. The summed E-state index contributed by atoms with van der Waals surface area (Å²) in [7, 11) is -0.595. The van der Waals surface area contributed by atoms with Gasteiger partial charge in [-0.3, -0.25) is 0 Å². The van der Waals surface area contributed by atoms with Crippen molar-refractivity contribution in [1.82, 2.24) is 0 Å². The van der Waals surface area contributed by atoms with Crippen molar-refractivity contribution in [2.24, 2.45) is 0 Å². The van der Waals surface area contributed by atoms with Crippen LogP contribution in [0, 0.1) is 5.82 Å². The molecule has 0 aliphatic carbocycles. The van der Waals surface area contributed by atoms with Gasteiger partial charge >= 0.3 is 7.12 Å². The Kier molecular flexibility index (Phi) is 13.8. The van der Waals surface area contributed by atoms with Gasteiger partial charge in [-0.05, 0) is 61.0 Å². The summed E-state index contributed by atoms with van der Waals surface area (Å²) in [6.07, 6.45) is 16.3. The molecule has 0 aromatic heterocycles. The van der Waals surface area contributed by atoms with Crippen molar-refractivity contribution in [3.05, 3.63) is 53.8 Å². The van der Waals surface area contributed by atoms with Gasteiger partial charge in [-0.25, -0.2) is 4.39 Å². The number of unbranched alkanes of at least 4 members (excludes halogenated alkanes) is 10. The highest BCUT2D eigenvalue weighted by Crippen LogP contribution is 2.35. The smallest absolute Gasteiger partial charge is 0.494 e. The summed E-state index contributed by atoms with van der Waals surface area (Å²) in [4.78, 5) is 0. The quantitative estimate of drug-likeness (QED) is 0.134. The zero-order valence-corrected chi connectivity index (χ0v) is 25.3. The van der Waals surface area contributed by atoms with Gasteiger partial charge in [0.1, 0.15) is 11.9 Å². The summed E-state index contributed by atoms with van der Waals surface area (Å²) in [6, 6.07) is 13.3. The molecule has 2 fully saturated rings. The van der Waals surface area contributed by atoms with E-state index >= 15 is 0 Å². The second-order valence-corrected chi connectivity index (χ2v) is 11.6. The van der Waals surface area contributed by atoms with Crippen molar-refractivity contribution in [2.45, 2.75) is 122 Å². The number of halogens is 1. The van der Waals surface area contributed by atoms with Gasteiger partial charge in [0.25, 0.3) is 0 Å². The molecule has 0 saturated carbocycles. The van der Waals surface area contributed by atoms with Crippen LogP contribution < -0.4 is 14.9 Å². The van der Waals surface area contributed by atoms with Crippen LogP contribution in [0.15, 0.2) is 42.5 Å². The van der Waals surface area contributed by atoms with Crippen LogP contribution in [0.3, 0.4) is 0 Å². The first-order chi connectivity index (χ1) is 20.2. The lowest BCUT2D eigenvalue weighted by Gasteiger charge is -2.41. The van der Waals surface area contributed by atoms with Crippen LogP contribution in [0.2, 0.25) is 0 Å². The molecule has 0 bridgehead atoms. The fourth-order valence-corrected chi connectivity index (χ4v) is 5.67. The Labute approximate surface area is 247 Å². The molecule has 2 aliphatic heterocycles. The number of hydrogen-bond donors (Lipinski definition) is 0. The maximum Gasteiger partial charge on any atom is 0.494 e. The zero-order chi connectivity index (χ0) is 28.7. The molecular formula is C34H50BFO5. The Bertz CT molecular complexity index is 1000. The number of benzene rings is 2. The maximum atomic E-state index is 14.7. The molecule has 3 atom stereocenters. The highest BCUT2D eigenvalue weighted by molar-refractivity contribution is 6.61. The van der Waals surface area contributed by atoms with E-state index in [1.165, 1.54) is 63.9 Å². The largest absolute Gasteiger partial charge is 0.494 e. The van der Waals surface area contributed by atoms with Gasteiger partial charge < -0.3 is 23.5 Å². The number of fused-ring (bicyclic) bond motifs is 1. The van der Waals surface area contributed by atoms with Crippen molar-refractivity contribution in [3.63, 3.8) is 0 Å². The first kappa shape index (κ1) is 31.8. The Morgan fingerprint density at radius 2 is 1.41 bits per heavy atom. The minimum absolute atomic E-state index is 0.00737. The topological polar surface area (TPSA) is 46.2 Å². The summed E-state index contributed by atoms with van der Waals surface area (Å²) in [5.41, 5.74) is 1.82. The van der Waals surface area contributed by atoms with Crippen molar-refractivity contribution in [2.75, 3.05) is 19.8 Å². The summed E-state index contributed by atoms with van der Waals surface area (Å²) in [6.45, 7) is 6.15. The molecule has 0 spiro atoms. The molecule has 226 valence electrons. The Hall–Kier alpha value is -2.09. The zero-order valence-electron chi connectivity index (χ0n) is 25.3. The van der Waals surface area contributed by atoms with Gasteiger partial charge in [0.2, 0.25) is 0 Å². The molecule has 41 heavy (non-hydrogen) atoms. The Morgan fingerprint density at radius 3 is 2.12 bits per heavy atom. The van der Waals surface area contributed by atoms with Crippen LogP contribution >= 0.6 is 0 Å². The molecule has 0 radical (unpaired) electrons. The van der Waals surface area contributed by atoms with E-state index in [2.05, 4.69) is 26.0 Å². The van der Waals surface area contributed by atoms with Crippen molar-refractivity contribution < 1.29 is 27.9 Å². The van der Waals surface area contributed by atoms with Gasteiger partial charge in [0.05, 0.1) is 32.0 Å². The fraction of sp³-hybridized carbons (Fsp3) is 0.647. The molecule has 7 heteroatoms. The van der Waals surface area contributed by atoms with E-state index in [-0.39, 0.29) is 29.9 Å². The Balaban J connectivity index is 1.16. The monoisotopic (exact) mass is 568 g/mol. The van der Waals surface area contributed by atoms with Gasteiger partial charge in [-0.2, -0.15) is 0 Å². The van der Waals surface area contributed by atoms with Crippen LogP contribution in [-0.4, -0.2) is 39.1 Å². The number of ether oxygens (including phenoxy) is 3. The molecule has 0 amide bonds. The lowest BCUT2D eigenvalue weighted by Crippen LogP contribution is -2.54. The van der Waals surface area contributed by atoms with Crippen molar-refractivity contribution in [3.8, 4) is 11.5 Å². The third kappa shape index (κ3) is 10.3. The second kappa shape index (κ2) is 17.8. The second-order valence-electron chi connectivity index (χ2n) is 11.6. The van der Waals surface area contributed by atoms with Crippen LogP contribution in [-0.2, 0) is 14.0 Å².